The van der Waals surface area contributed by atoms with Crippen molar-refractivity contribution >= 4 is 19.9 Å². The molecule has 112 valence electrons. The molecule has 1 N–H and O–H groups in total. The molecule has 0 aromatic heterocycles. The zero-order valence-electron chi connectivity index (χ0n) is 11.4. The highest BCUT2D eigenvalue weighted by Gasteiger charge is 2.33. The molecule has 0 unspecified atom stereocenters. The summed E-state index contributed by atoms with van der Waals surface area (Å²) in [7, 11) is -6.89. The van der Waals surface area contributed by atoms with Crippen molar-refractivity contribution in [2.24, 2.45) is 0 Å². The number of sulfone groups is 1. The lowest BCUT2D eigenvalue weighted by atomic mass is 10.2. The lowest BCUT2D eigenvalue weighted by Gasteiger charge is -2.36. The monoisotopic (exact) mass is 318 g/mol. The second kappa shape index (κ2) is 5.44. The number of rotatable bonds is 5. The molecule has 2 rings (SSSR count). The van der Waals surface area contributed by atoms with Gasteiger partial charge in [-0.25, -0.2) is 16.8 Å². The fraction of sp³-hybridized carbons (Fsp3) is 0.500. The third-order valence-electron chi connectivity index (χ3n) is 3.34. The highest BCUT2D eigenvalue weighted by atomic mass is 32.2. The highest BCUT2D eigenvalue weighted by molar-refractivity contribution is 7.90. The maximum atomic E-state index is 12.5. The van der Waals surface area contributed by atoms with Gasteiger partial charge in [-0.2, -0.15) is 4.31 Å². The quantitative estimate of drug-likeness (QED) is 0.831. The van der Waals surface area contributed by atoms with Crippen LogP contribution >= 0.6 is 0 Å². The van der Waals surface area contributed by atoms with E-state index >= 15 is 0 Å². The van der Waals surface area contributed by atoms with Crippen LogP contribution in [-0.2, 0) is 19.9 Å². The van der Waals surface area contributed by atoms with Crippen LogP contribution < -0.4 is 5.32 Å². The molecular formula is C12H18N2O4S2. The Kier molecular flexibility index (Phi) is 4.19. The Morgan fingerprint density at radius 1 is 1.10 bits per heavy atom. The van der Waals surface area contributed by atoms with E-state index in [1.165, 1.54) is 28.6 Å². The normalized spacial score (nSPS) is 17.1. The maximum absolute atomic E-state index is 12.5. The van der Waals surface area contributed by atoms with Gasteiger partial charge >= 0.3 is 0 Å². The van der Waals surface area contributed by atoms with E-state index in [9.17, 15) is 16.8 Å². The number of hydrogen-bond donors (Lipinski definition) is 1. The second-order valence-corrected chi connectivity index (χ2v) is 8.67. The van der Waals surface area contributed by atoms with Crippen LogP contribution in [0, 0.1) is 0 Å². The molecule has 1 aliphatic heterocycles. The van der Waals surface area contributed by atoms with E-state index in [4.69, 9.17) is 0 Å². The van der Waals surface area contributed by atoms with E-state index in [0.717, 1.165) is 6.26 Å². The summed E-state index contributed by atoms with van der Waals surface area (Å²) in [6.07, 6.45) is 1.09. The van der Waals surface area contributed by atoms with Crippen molar-refractivity contribution in [3.63, 3.8) is 0 Å². The summed E-state index contributed by atoms with van der Waals surface area (Å²) in [5.74, 6) is 0. The van der Waals surface area contributed by atoms with Crippen LogP contribution in [0.1, 0.15) is 6.92 Å². The zero-order valence-corrected chi connectivity index (χ0v) is 13.0. The van der Waals surface area contributed by atoms with Crippen molar-refractivity contribution in [3.8, 4) is 0 Å². The first kappa shape index (κ1) is 15.4. The Labute approximate surface area is 119 Å². The number of nitrogens with one attached hydrogen (secondary N) is 1. The molecule has 1 aromatic rings. The summed E-state index contributed by atoms with van der Waals surface area (Å²) in [5, 5.41) is 3.04. The topological polar surface area (TPSA) is 83.6 Å². The zero-order chi connectivity index (χ0) is 15.0. The fourth-order valence-corrected chi connectivity index (χ4v) is 4.36. The molecule has 0 saturated carbocycles. The van der Waals surface area contributed by atoms with Gasteiger partial charge in [0.2, 0.25) is 10.0 Å². The van der Waals surface area contributed by atoms with Gasteiger partial charge < -0.3 is 5.32 Å². The molecule has 1 saturated heterocycles. The summed E-state index contributed by atoms with van der Waals surface area (Å²) in [5.41, 5.74) is 0. The SMILES string of the molecule is CCN(C1CNC1)S(=O)(=O)c1ccc(S(C)(=O)=O)cc1. The second-order valence-electron chi connectivity index (χ2n) is 4.76. The first-order valence-electron chi connectivity index (χ1n) is 6.29. The molecule has 0 radical (unpaired) electrons. The van der Waals surface area contributed by atoms with Crippen molar-refractivity contribution in [2.45, 2.75) is 22.8 Å². The standard InChI is InChI=1S/C12H18N2O4S2/c1-3-14(10-8-13-9-10)20(17,18)12-6-4-11(5-7-12)19(2,15)16/h4-7,10,13H,3,8-9H2,1-2H3. The Hall–Kier alpha value is -0.960. The van der Waals surface area contributed by atoms with Gasteiger partial charge in [-0.3, -0.25) is 0 Å². The van der Waals surface area contributed by atoms with Crippen LogP contribution in [0.3, 0.4) is 0 Å². The first-order chi connectivity index (χ1) is 9.26. The molecule has 1 heterocycles. The van der Waals surface area contributed by atoms with Crippen LogP contribution in [0.15, 0.2) is 34.1 Å². The first-order valence-corrected chi connectivity index (χ1v) is 9.62. The molecule has 1 aromatic carbocycles. The minimum absolute atomic E-state index is 0.0282. The van der Waals surface area contributed by atoms with Crippen LogP contribution in [0.4, 0.5) is 0 Å². The van der Waals surface area contributed by atoms with Crippen molar-refractivity contribution in [1.29, 1.82) is 0 Å². The average molecular weight is 318 g/mol. The van der Waals surface area contributed by atoms with E-state index < -0.39 is 19.9 Å². The molecule has 6 nitrogen and oxygen atoms in total. The average Bonchev–Trinajstić information content (AvgIpc) is 2.32. The third kappa shape index (κ3) is 2.88. The number of benzene rings is 1. The molecule has 20 heavy (non-hydrogen) atoms. The highest BCUT2D eigenvalue weighted by Crippen LogP contribution is 2.21. The largest absolute Gasteiger partial charge is 0.313 e. The van der Waals surface area contributed by atoms with Gasteiger partial charge in [0.05, 0.1) is 9.79 Å². The summed E-state index contributed by atoms with van der Waals surface area (Å²) in [4.78, 5) is 0.239. The van der Waals surface area contributed by atoms with Crippen molar-refractivity contribution in [2.75, 3.05) is 25.9 Å². The van der Waals surface area contributed by atoms with E-state index in [0.29, 0.717) is 19.6 Å². The van der Waals surface area contributed by atoms with Crippen molar-refractivity contribution in [1.82, 2.24) is 9.62 Å². The maximum Gasteiger partial charge on any atom is 0.243 e. The van der Waals surface area contributed by atoms with Gasteiger partial charge in [-0.1, -0.05) is 6.92 Å². The molecule has 1 aliphatic rings. The van der Waals surface area contributed by atoms with E-state index in [1.54, 1.807) is 6.92 Å². The summed E-state index contributed by atoms with van der Waals surface area (Å²) in [6.45, 7) is 3.48. The fourth-order valence-electron chi connectivity index (χ4n) is 2.10. The summed E-state index contributed by atoms with van der Waals surface area (Å²) < 4.78 is 49.2. The molecule has 0 aliphatic carbocycles. The lowest BCUT2D eigenvalue weighted by molar-refractivity contribution is 0.249. The Morgan fingerprint density at radius 2 is 1.60 bits per heavy atom. The smallest absolute Gasteiger partial charge is 0.243 e. The van der Waals surface area contributed by atoms with E-state index in [-0.39, 0.29) is 15.8 Å². The third-order valence-corrected chi connectivity index (χ3v) is 6.51. The van der Waals surface area contributed by atoms with Crippen LogP contribution in [0.25, 0.3) is 0 Å². The summed E-state index contributed by atoms with van der Waals surface area (Å²) in [6, 6.07) is 5.32. The van der Waals surface area contributed by atoms with Gasteiger partial charge in [0.1, 0.15) is 0 Å². The van der Waals surface area contributed by atoms with Crippen molar-refractivity contribution in [3.05, 3.63) is 24.3 Å². The molecule has 8 heteroatoms. The van der Waals surface area contributed by atoms with Gasteiger partial charge in [-0.15, -0.1) is 0 Å². The predicted molar refractivity (Wildman–Crippen MR) is 75.8 cm³/mol. The number of likely N-dealkylation sites (N-methyl/N-ethyl adjacent to an activating group) is 1. The number of nitrogens with zero attached hydrogens (tertiary/aromatic N) is 1. The van der Waals surface area contributed by atoms with Crippen LogP contribution in [0.2, 0.25) is 0 Å². The number of hydrogen-bond acceptors (Lipinski definition) is 5. The van der Waals surface area contributed by atoms with Gasteiger partial charge in [0.15, 0.2) is 9.84 Å². The summed E-state index contributed by atoms with van der Waals surface area (Å²) >= 11 is 0. The van der Waals surface area contributed by atoms with Gasteiger partial charge in [0, 0.05) is 31.9 Å². The molecular weight excluding hydrogens is 300 g/mol. The van der Waals surface area contributed by atoms with Gasteiger partial charge in [-0.05, 0) is 24.3 Å². The molecule has 0 atom stereocenters. The Balaban J connectivity index is 2.34. The Morgan fingerprint density at radius 3 is 1.95 bits per heavy atom. The van der Waals surface area contributed by atoms with Crippen LogP contribution in [0.5, 0.6) is 0 Å². The predicted octanol–water partition coefficient (Wildman–Crippen LogP) is 0.0725. The lowest BCUT2D eigenvalue weighted by Crippen LogP contribution is -2.58. The molecule has 1 fully saturated rings. The van der Waals surface area contributed by atoms with Crippen LogP contribution in [-0.4, -0.2) is 53.1 Å². The molecule has 0 bridgehead atoms. The number of sulfonamides is 1. The van der Waals surface area contributed by atoms with E-state index in [2.05, 4.69) is 5.32 Å². The van der Waals surface area contributed by atoms with E-state index in [1.807, 2.05) is 0 Å². The molecule has 0 amide bonds. The minimum Gasteiger partial charge on any atom is -0.313 e. The van der Waals surface area contributed by atoms with Crippen molar-refractivity contribution < 1.29 is 16.8 Å². The molecule has 0 spiro atoms. The Bertz CT molecular complexity index is 677. The minimum atomic E-state index is -3.57. The van der Waals surface area contributed by atoms with Gasteiger partial charge in [0.25, 0.3) is 0 Å².